The largest absolute Gasteiger partial charge is 0.488 e. The molecular formula is C29H21BrN2O2. The lowest BCUT2D eigenvalue weighted by atomic mass is 10.00. The number of rotatable bonds is 6. The van der Waals surface area contributed by atoms with Crippen LogP contribution in [0.5, 0.6) is 5.75 Å². The van der Waals surface area contributed by atoms with E-state index in [-0.39, 0.29) is 5.91 Å². The number of para-hydroxylation sites is 2. The van der Waals surface area contributed by atoms with Crippen molar-refractivity contribution in [3.8, 4) is 5.75 Å². The average molecular weight is 509 g/mol. The van der Waals surface area contributed by atoms with Crippen LogP contribution in [-0.4, -0.2) is 11.6 Å². The first-order valence-electron chi connectivity index (χ1n) is 10.9. The minimum absolute atomic E-state index is 0.173. The van der Waals surface area contributed by atoms with E-state index in [0.29, 0.717) is 23.6 Å². The molecule has 4 aromatic rings. The first-order valence-corrected chi connectivity index (χ1v) is 11.7. The number of anilines is 1. The van der Waals surface area contributed by atoms with Gasteiger partial charge in [0, 0.05) is 15.6 Å². The summed E-state index contributed by atoms with van der Waals surface area (Å²) in [4.78, 5) is 13.5. The van der Waals surface area contributed by atoms with E-state index in [1.165, 1.54) is 5.01 Å². The standard InChI is InChI=1S/C29H21BrN2O2/c30-24-17-15-21(16-18-24)20-34-27-14-8-7-11-23(27)19-26-28(22-9-3-1-4-10-22)31-32(29(26)33)25-12-5-2-6-13-25/h1-19H,20H2/b26-19-. The molecule has 0 spiro atoms. The molecule has 0 unspecified atom stereocenters. The lowest BCUT2D eigenvalue weighted by Crippen LogP contribution is -2.21. The number of carbonyl (C=O) groups is 1. The van der Waals surface area contributed by atoms with Crippen LogP contribution in [0, 0.1) is 0 Å². The van der Waals surface area contributed by atoms with Crippen molar-refractivity contribution in [2.75, 3.05) is 5.01 Å². The fraction of sp³-hybridized carbons (Fsp3) is 0.0345. The molecule has 1 heterocycles. The van der Waals surface area contributed by atoms with Gasteiger partial charge in [0.2, 0.25) is 0 Å². The predicted molar refractivity (Wildman–Crippen MR) is 140 cm³/mol. The Balaban J connectivity index is 1.51. The Morgan fingerprint density at radius 2 is 1.44 bits per heavy atom. The third-order valence-electron chi connectivity index (χ3n) is 5.45. The van der Waals surface area contributed by atoms with Crippen molar-refractivity contribution in [3.63, 3.8) is 0 Å². The summed E-state index contributed by atoms with van der Waals surface area (Å²) in [6.07, 6.45) is 1.87. The number of carbonyl (C=O) groups excluding carboxylic acids is 1. The van der Waals surface area contributed by atoms with Crippen molar-refractivity contribution < 1.29 is 9.53 Å². The number of hydrazone groups is 1. The van der Waals surface area contributed by atoms with Crippen LogP contribution in [0.4, 0.5) is 5.69 Å². The molecule has 0 bridgehead atoms. The van der Waals surface area contributed by atoms with Gasteiger partial charge in [-0.25, -0.2) is 0 Å². The van der Waals surface area contributed by atoms with Crippen molar-refractivity contribution in [3.05, 3.63) is 136 Å². The number of benzene rings is 4. The molecule has 34 heavy (non-hydrogen) atoms. The van der Waals surface area contributed by atoms with E-state index in [2.05, 4.69) is 15.9 Å². The highest BCUT2D eigenvalue weighted by atomic mass is 79.9. The highest BCUT2D eigenvalue weighted by Gasteiger charge is 2.32. The van der Waals surface area contributed by atoms with Crippen LogP contribution >= 0.6 is 15.9 Å². The zero-order valence-electron chi connectivity index (χ0n) is 18.3. The number of hydrogen-bond acceptors (Lipinski definition) is 3. The minimum atomic E-state index is -0.173. The van der Waals surface area contributed by atoms with Gasteiger partial charge in [0.15, 0.2) is 0 Å². The zero-order chi connectivity index (χ0) is 23.3. The van der Waals surface area contributed by atoms with Gasteiger partial charge < -0.3 is 4.74 Å². The Bertz CT molecular complexity index is 1360. The molecule has 0 aromatic heterocycles. The maximum absolute atomic E-state index is 13.5. The van der Waals surface area contributed by atoms with Gasteiger partial charge in [0.1, 0.15) is 18.1 Å². The first-order chi connectivity index (χ1) is 16.7. The summed E-state index contributed by atoms with van der Waals surface area (Å²) in [5.74, 6) is 0.532. The molecule has 0 N–H and O–H groups in total. The molecule has 1 aliphatic rings. The molecule has 4 aromatic carbocycles. The topological polar surface area (TPSA) is 41.9 Å². The van der Waals surface area contributed by atoms with Gasteiger partial charge in [0.25, 0.3) is 5.91 Å². The van der Waals surface area contributed by atoms with E-state index >= 15 is 0 Å². The monoisotopic (exact) mass is 508 g/mol. The Kier molecular flexibility index (Phi) is 6.36. The third-order valence-corrected chi connectivity index (χ3v) is 5.98. The quantitative estimate of drug-likeness (QED) is 0.267. The van der Waals surface area contributed by atoms with Crippen LogP contribution in [0.1, 0.15) is 16.7 Å². The smallest absolute Gasteiger partial charge is 0.281 e. The van der Waals surface area contributed by atoms with Gasteiger partial charge in [-0.15, -0.1) is 0 Å². The molecule has 5 heteroatoms. The zero-order valence-corrected chi connectivity index (χ0v) is 19.9. The van der Waals surface area contributed by atoms with Crippen molar-refractivity contribution >= 4 is 39.3 Å². The SMILES string of the molecule is O=C1/C(=C\c2ccccc2OCc2ccc(Br)cc2)C(c2ccccc2)=NN1c1ccccc1. The molecule has 0 atom stereocenters. The summed E-state index contributed by atoms with van der Waals surface area (Å²) in [6, 6.07) is 35.0. The second-order valence-electron chi connectivity index (χ2n) is 7.78. The summed E-state index contributed by atoms with van der Waals surface area (Å²) >= 11 is 3.46. The normalized spacial score (nSPS) is 14.4. The highest BCUT2D eigenvalue weighted by Crippen LogP contribution is 2.30. The van der Waals surface area contributed by atoms with Gasteiger partial charge in [-0.05, 0) is 42.0 Å². The highest BCUT2D eigenvalue weighted by molar-refractivity contribution is 9.10. The Morgan fingerprint density at radius 3 is 2.18 bits per heavy atom. The number of ether oxygens (including phenoxy) is 1. The molecule has 166 valence electrons. The Hall–Kier alpha value is -3.96. The summed E-state index contributed by atoms with van der Waals surface area (Å²) in [5, 5.41) is 6.16. The van der Waals surface area contributed by atoms with Crippen LogP contribution in [-0.2, 0) is 11.4 Å². The van der Waals surface area contributed by atoms with E-state index in [4.69, 9.17) is 9.84 Å². The van der Waals surface area contributed by atoms with Crippen molar-refractivity contribution in [1.29, 1.82) is 0 Å². The van der Waals surface area contributed by atoms with E-state index in [1.54, 1.807) is 0 Å². The Labute approximate surface area is 206 Å². The lowest BCUT2D eigenvalue weighted by Gasteiger charge is -2.12. The number of amides is 1. The molecular weight excluding hydrogens is 488 g/mol. The first kappa shape index (κ1) is 21.9. The van der Waals surface area contributed by atoms with Gasteiger partial charge in [-0.3, -0.25) is 4.79 Å². The minimum Gasteiger partial charge on any atom is -0.488 e. The van der Waals surface area contributed by atoms with Crippen LogP contribution in [0.3, 0.4) is 0 Å². The number of halogens is 1. The van der Waals surface area contributed by atoms with Crippen molar-refractivity contribution in [2.45, 2.75) is 6.61 Å². The van der Waals surface area contributed by atoms with Gasteiger partial charge in [0.05, 0.1) is 11.3 Å². The van der Waals surface area contributed by atoms with Crippen LogP contribution in [0.25, 0.3) is 6.08 Å². The fourth-order valence-corrected chi connectivity index (χ4v) is 3.99. The van der Waals surface area contributed by atoms with Crippen LogP contribution in [0.2, 0.25) is 0 Å². The molecule has 4 nitrogen and oxygen atoms in total. The Morgan fingerprint density at radius 1 is 0.794 bits per heavy atom. The number of nitrogens with zero attached hydrogens (tertiary/aromatic N) is 2. The van der Waals surface area contributed by atoms with E-state index in [1.807, 2.05) is 115 Å². The molecule has 0 fully saturated rings. The van der Waals surface area contributed by atoms with Crippen molar-refractivity contribution in [1.82, 2.24) is 0 Å². The molecule has 0 radical (unpaired) electrons. The molecule has 1 aliphatic heterocycles. The molecule has 1 amide bonds. The van der Waals surface area contributed by atoms with Gasteiger partial charge in [-0.2, -0.15) is 10.1 Å². The van der Waals surface area contributed by atoms with Crippen molar-refractivity contribution in [2.24, 2.45) is 5.10 Å². The van der Waals surface area contributed by atoms with E-state index < -0.39 is 0 Å². The maximum atomic E-state index is 13.5. The number of hydrogen-bond donors (Lipinski definition) is 0. The average Bonchev–Trinajstić information content (AvgIpc) is 3.21. The lowest BCUT2D eigenvalue weighted by molar-refractivity contribution is -0.114. The molecule has 0 saturated carbocycles. The van der Waals surface area contributed by atoms with Gasteiger partial charge in [-0.1, -0.05) is 94.8 Å². The summed E-state index contributed by atoms with van der Waals surface area (Å²) < 4.78 is 7.16. The maximum Gasteiger partial charge on any atom is 0.281 e. The van der Waals surface area contributed by atoms with E-state index in [0.717, 1.165) is 26.9 Å². The predicted octanol–water partition coefficient (Wildman–Crippen LogP) is 6.86. The second kappa shape index (κ2) is 9.89. The second-order valence-corrected chi connectivity index (χ2v) is 8.69. The van der Waals surface area contributed by atoms with Crippen LogP contribution in [0.15, 0.2) is 124 Å². The summed E-state index contributed by atoms with van der Waals surface area (Å²) in [5.41, 5.74) is 4.65. The molecule has 0 saturated heterocycles. The fourth-order valence-electron chi connectivity index (χ4n) is 3.73. The van der Waals surface area contributed by atoms with Gasteiger partial charge >= 0.3 is 0 Å². The van der Waals surface area contributed by atoms with E-state index in [9.17, 15) is 4.79 Å². The summed E-state index contributed by atoms with van der Waals surface area (Å²) in [7, 11) is 0. The van der Waals surface area contributed by atoms with Crippen LogP contribution < -0.4 is 9.75 Å². The molecule has 5 rings (SSSR count). The summed E-state index contributed by atoms with van der Waals surface area (Å²) in [6.45, 7) is 0.428. The molecule has 0 aliphatic carbocycles. The third kappa shape index (κ3) is 4.70.